The van der Waals surface area contributed by atoms with Gasteiger partial charge in [0.1, 0.15) is 0 Å². The Morgan fingerprint density at radius 3 is 2.49 bits per heavy atom. The summed E-state index contributed by atoms with van der Waals surface area (Å²) in [4.78, 5) is 15.2. The molecule has 0 atom stereocenters. The first-order chi connectivity index (χ1) is 16.9. The molecule has 0 saturated heterocycles. The smallest absolute Gasteiger partial charge is 0.251 e. The van der Waals surface area contributed by atoms with Crippen molar-refractivity contribution in [1.82, 2.24) is 9.88 Å². The molecule has 0 spiro atoms. The van der Waals surface area contributed by atoms with Crippen molar-refractivity contribution in [2.75, 3.05) is 24.5 Å². The Bertz CT molecular complexity index is 1320. The molecule has 3 aromatic carbocycles. The van der Waals surface area contributed by atoms with Gasteiger partial charge in [-0.2, -0.15) is 0 Å². The first kappa shape index (κ1) is 24.9. The second-order valence-corrected chi connectivity index (χ2v) is 9.62. The zero-order valence-corrected chi connectivity index (χ0v) is 21.8. The third kappa shape index (κ3) is 5.71. The van der Waals surface area contributed by atoms with E-state index in [4.69, 9.17) is 11.6 Å². The lowest BCUT2D eigenvalue weighted by atomic mass is 10.1. The number of aryl methyl sites for hydroxylation is 2. The number of hydrogen-bond acceptors (Lipinski definition) is 2. The minimum absolute atomic E-state index is 0.0204. The summed E-state index contributed by atoms with van der Waals surface area (Å²) in [5.41, 5.74) is 7.96. The molecule has 1 heterocycles. The summed E-state index contributed by atoms with van der Waals surface area (Å²) < 4.78 is 2.31. The van der Waals surface area contributed by atoms with Crippen molar-refractivity contribution >= 4 is 34.1 Å². The van der Waals surface area contributed by atoms with Crippen LogP contribution in [0.15, 0.2) is 66.7 Å². The number of anilines is 1. The van der Waals surface area contributed by atoms with E-state index in [0.717, 1.165) is 42.0 Å². The van der Waals surface area contributed by atoms with Crippen molar-refractivity contribution in [2.24, 2.45) is 0 Å². The van der Waals surface area contributed by atoms with E-state index in [0.29, 0.717) is 12.1 Å². The number of benzene rings is 3. The van der Waals surface area contributed by atoms with Crippen molar-refractivity contribution in [2.45, 2.75) is 40.7 Å². The first-order valence-electron chi connectivity index (χ1n) is 12.3. The minimum atomic E-state index is -0.0204. The van der Waals surface area contributed by atoms with Gasteiger partial charge in [0, 0.05) is 59.0 Å². The third-order valence-corrected chi connectivity index (χ3v) is 7.05. The lowest BCUT2D eigenvalue weighted by Crippen LogP contribution is -2.30. The van der Waals surface area contributed by atoms with Crippen molar-refractivity contribution < 1.29 is 4.79 Å². The van der Waals surface area contributed by atoms with Gasteiger partial charge in [-0.05, 0) is 93.3 Å². The highest BCUT2D eigenvalue weighted by atomic mass is 35.5. The lowest BCUT2D eigenvalue weighted by molar-refractivity contribution is 0.0953. The maximum atomic E-state index is 12.9. The zero-order chi connectivity index (χ0) is 24.9. The Labute approximate surface area is 213 Å². The molecule has 4 rings (SSSR count). The van der Waals surface area contributed by atoms with E-state index in [-0.39, 0.29) is 5.91 Å². The molecule has 1 N–H and O–H groups in total. The molecule has 5 heteroatoms. The SMILES string of the molecule is CCN(CCCNC(=O)c1ccc2c(c1)c(C)c(C)n2Cc1ccc(Cl)cc1)c1cccc(C)c1. The number of rotatable bonds is 9. The molecule has 1 aromatic heterocycles. The Morgan fingerprint density at radius 1 is 1.00 bits per heavy atom. The number of amides is 1. The van der Waals surface area contributed by atoms with E-state index in [2.05, 4.69) is 84.9 Å². The van der Waals surface area contributed by atoms with Gasteiger partial charge in [0.25, 0.3) is 5.91 Å². The molecule has 0 saturated carbocycles. The van der Waals surface area contributed by atoms with E-state index in [1.54, 1.807) is 0 Å². The van der Waals surface area contributed by atoms with Gasteiger partial charge in [-0.15, -0.1) is 0 Å². The summed E-state index contributed by atoms with van der Waals surface area (Å²) in [5, 5.41) is 4.98. The fourth-order valence-corrected chi connectivity index (χ4v) is 4.76. The number of aromatic nitrogens is 1. The predicted octanol–water partition coefficient (Wildman–Crippen LogP) is 6.91. The summed E-state index contributed by atoms with van der Waals surface area (Å²) in [6.07, 6.45) is 0.894. The molecule has 4 nitrogen and oxygen atoms in total. The number of hydrogen-bond donors (Lipinski definition) is 1. The molecule has 1 amide bonds. The molecule has 182 valence electrons. The Morgan fingerprint density at radius 2 is 1.77 bits per heavy atom. The highest BCUT2D eigenvalue weighted by molar-refractivity contribution is 6.30. The van der Waals surface area contributed by atoms with Crippen LogP contribution in [0.4, 0.5) is 5.69 Å². The molecule has 0 aliphatic heterocycles. The predicted molar refractivity (Wildman–Crippen MR) is 148 cm³/mol. The standard InChI is InChI=1S/C30H34ClN3O/c1-5-33(27-9-6-8-21(2)18-27)17-7-16-32-30(35)25-12-15-29-28(19-25)22(3)23(4)34(29)20-24-10-13-26(31)14-11-24/h6,8-15,18-19H,5,7,16-17,20H2,1-4H3,(H,32,35). The van der Waals surface area contributed by atoms with E-state index in [1.807, 2.05) is 24.3 Å². The molecular weight excluding hydrogens is 454 g/mol. The van der Waals surface area contributed by atoms with E-state index < -0.39 is 0 Å². The van der Waals surface area contributed by atoms with Crippen LogP contribution in [0.2, 0.25) is 5.02 Å². The highest BCUT2D eigenvalue weighted by Crippen LogP contribution is 2.27. The second kappa shape index (κ2) is 11.0. The Hall–Kier alpha value is -3.24. The molecule has 0 radical (unpaired) electrons. The van der Waals surface area contributed by atoms with Crippen LogP contribution >= 0.6 is 11.6 Å². The van der Waals surface area contributed by atoms with Gasteiger partial charge in [0.2, 0.25) is 0 Å². The van der Waals surface area contributed by atoms with Gasteiger partial charge in [-0.1, -0.05) is 35.9 Å². The van der Waals surface area contributed by atoms with Crippen LogP contribution in [0, 0.1) is 20.8 Å². The minimum Gasteiger partial charge on any atom is -0.372 e. The normalized spacial score (nSPS) is 11.1. The van der Waals surface area contributed by atoms with E-state index in [9.17, 15) is 4.79 Å². The first-order valence-corrected chi connectivity index (χ1v) is 12.7. The van der Waals surface area contributed by atoms with Crippen molar-refractivity contribution in [3.8, 4) is 0 Å². The van der Waals surface area contributed by atoms with Crippen LogP contribution in [-0.4, -0.2) is 30.1 Å². The molecular formula is C30H34ClN3O. The molecule has 35 heavy (non-hydrogen) atoms. The number of halogens is 1. The van der Waals surface area contributed by atoms with Gasteiger partial charge in [0.15, 0.2) is 0 Å². The van der Waals surface area contributed by atoms with Crippen LogP contribution in [0.3, 0.4) is 0 Å². The number of carbonyl (C=O) groups is 1. The summed E-state index contributed by atoms with van der Waals surface area (Å²) in [6.45, 7) is 11.8. The third-order valence-electron chi connectivity index (χ3n) is 6.79. The van der Waals surface area contributed by atoms with Crippen molar-refractivity contribution in [1.29, 1.82) is 0 Å². The number of carbonyl (C=O) groups excluding carboxylic acids is 1. The van der Waals surface area contributed by atoms with Gasteiger partial charge in [0.05, 0.1) is 0 Å². The van der Waals surface area contributed by atoms with Crippen LogP contribution < -0.4 is 10.2 Å². The molecule has 4 aromatic rings. The van der Waals surface area contributed by atoms with Crippen LogP contribution in [-0.2, 0) is 6.54 Å². The van der Waals surface area contributed by atoms with E-state index >= 15 is 0 Å². The quantitative estimate of drug-likeness (QED) is 0.260. The topological polar surface area (TPSA) is 37.3 Å². The maximum Gasteiger partial charge on any atom is 0.251 e. The van der Waals surface area contributed by atoms with Crippen LogP contribution in [0.1, 0.15) is 46.1 Å². The van der Waals surface area contributed by atoms with Gasteiger partial charge >= 0.3 is 0 Å². The molecule has 0 fully saturated rings. The average molecular weight is 488 g/mol. The van der Waals surface area contributed by atoms with Crippen molar-refractivity contribution in [3.05, 3.63) is 99.7 Å². The molecule has 0 unspecified atom stereocenters. The largest absolute Gasteiger partial charge is 0.372 e. The summed E-state index contributed by atoms with van der Waals surface area (Å²) >= 11 is 6.05. The van der Waals surface area contributed by atoms with Gasteiger partial charge in [-0.25, -0.2) is 0 Å². The number of fused-ring (bicyclic) bond motifs is 1. The molecule has 0 aliphatic rings. The fraction of sp³-hybridized carbons (Fsp3) is 0.300. The lowest BCUT2D eigenvalue weighted by Gasteiger charge is -2.23. The van der Waals surface area contributed by atoms with Gasteiger partial charge < -0.3 is 14.8 Å². The summed E-state index contributed by atoms with van der Waals surface area (Å²) in [6, 6.07) is 22.6. The molecule has 0 aliphatic carbocycles. The monoisotopic (exact) mass is 487 g/mol. The average Bonchev–Trinajstić information content (AvgIpc) is 3.09. The van der Waals surface area contributed by atoms with Crippen LogP contribution in [0.25, 0.3) is 10.9 Å². The Kier molecular flexibility index (Phi) is 7.82. The summed E-state index contributed by atoms with van der Waals surface area (Å²) in [7, 11) is 0. The molecule has 0 bridgehead atoms. The zero-order valence-electron chi connectivity index (χ0n) is 21.1. The second-order valence-electron chi connectivity index (χ2n) is 9.18. The maximum absolute atomic E-state index is 12.9. The van der Waals surface area contributed by atoms with Crippen LogP contribution in [0.5, 0.6) is 0 Å². The fourth-order valence-electron chi connectivity index (χ4n) is 4.64. The highest BCUT2D eigenvalue weighted by Gasteiger charge is 2.14. The Balaban J connectivity index is 1.41. The number of nitrogens with zero attached hydrogens (tertiary/aromatic N) is 2. The van der Waals surface area contributed by atoms with Gasteiger partial charge in [-0.3, -0.25) is 4.79 Å². The van der Waals surface area contributed by atoms with E-state index in [1.165, 1.54) is 28.1 Å². The summed E-state index contributed by atoms with van der Waals surface area (Å²) in [5.74, 6) is -0.0204. The number of nitrogens with one attached hydrogen (secondary N) is 1. The van der Waals surface area contributed by atoms with Crippen molar-refractivity contribution in [3.63, 3.8) is 0 Å².